The number of nitrogen functional groups attached to an aromatic ring is 1. The second-order valence-electron chi connectivity index (χ2n) is 6.76. The molecule has 1 amide bonds. The van der Waals surface area contributed by atoms with Crippen LogP contribution in [0.15, 0.2) is 71.1 Å². The molecular formula is C22H19N5O2S. The first-order chi connectivity index (χ1) is 14.5. The summed E-state index contributed by atoms with van der Waals surface area (Å²) in [7, 11) is 0. The molecule has 8 heteroatoms. The van der Waals surface area contributed by atoms with E-state index in [1.165, 1.54) is 0 Å². The Morgan fingerprint density at radius 3 is 2.60 bits per heavy atom. The van der Waals surface area contributed by atoms with Crippen molar-refractivity contribution in [1.29, 1.82) is 5.41 Å². The van der Waals surface area contributed by atoms with Crippen molar-refractivity contribution >= 4 is 34.0 Å². The van der Waals surface area contributed by atoms with Crippen molar-refractivity contribution in [2.75, 3.05) is 0 Å². The number of nitrogens with two attached hydrogens (primary N) is 1. The van der Waals surface area contributed by atoms with Gasteiger partial charge in [-0.25, -0.2) is 4.98 Å². The van der Waals surface area contributed by atoms with Crippen LogP contribution >= 0.6 is 11.3 Å². The van der Waals surface area contributed by atoms with Gasteiger partial charge in [0.25, 0.3) is 5.91 Å². The van der Waals surface area contributed by atoms with Gasteiger partial charge < -0.3 is 15.6 Å². The third-order valence-electron chi connectivity index (χ3n) is 4.74. The van der Waals surface area contributed by atoms with Crippen molar-refractivity contribution in [2.24, 2.45) is 5.73 Å². The average Bonchev–Trinajstić information content (AvgIpc) is 3.27. The molecule has 0 saturated heterocycles. The number of nitrogens with zero attached hydrogens (tertiary/aromatic N) is 2. The van der Waals surface area contributed by atoms with Crippen LogP contribution in [0.25, 0.3) is 10.9 Å². The van der Waals surface area contributed by atoms with Crippen LogP contribution in [0, 0.1) is 5.41 Å². The first-order valence-electron chi connectivity index (χ1n) is 9.24. The van der Waals surface area contributed by atoms with Gasteiger partial charge in [0, 0.05) is 46.9 Å². The summed E-state index contributed by atoms with van der Waals surface area (Å²) in [5.41, 5.74) is 8.14. The molecule has 0 radical (unpaired) electrons. The second kappa shape index (κ2) is 8.30. The molecule has 4 N–H and O–H groups in total. The number of pyridine rings is 1. The van der Waals surface area contributed by atoms with Crippen molar-refractivity contribution in [3.8, 4) is 0 Å². The zero-order chi connectivity index (χ0) is 21.1. The van der Waals surface area contributed by atoms with E-state index in [0.717, 1.165) is 16.1 Å². The van der Waals surface area contributed by atoms with E-state index < -0.39 is 0 Å². The molecule has 0 aliphatic carbocycles. The van der Waals surface area contributed by atoms with Crippen molar-refractivity contribution in [3.05, 3.63) is 98.2 Å². The minimum absolute atomic E-state index is 0.0399. The standard InChI is InChI=1S/C22H19N5O2S/c23-21(24)15-2-4-16(5-3-15)22(29)26-12-14-1-6-17-18(11-14)27(9-7-19(17)28)13-20-25-8-10-30-20/h1-11H,12-13H2,(H3,23,24)(H,26,29). The number of rotatable bonds is 6. The van der Waals surface area contributed by atoms with Gasteiger partial charge >= 0.3 is 0 Å². The quantitative estimate of drug-likeness (QED) is 0.331. The molecule has 2 aromatic heterocycles. The van der Waals surface area contributed by atoms with Crippen LogP contribution in [0.1, 0.15) is 26.5 Å². The number of aromatic nitrogens is 2. The summed E-state index contributed by atoms with van der Waals surface area (Å²) in [5, 5.41) is 13.8. The number of carbonyl (C=O) groups excluding carboxylic acids is 1. The van der Waals surface area contributed by atoms with Crippen LogP contribution in [0.2, 0.25) is 0 Å². The topological polar surface area (TPSA) is 114 Å². The second-order valence-corrected chi connectivity index (χ2v) is 7.74. The summed E-state index contributed by atoms with van der Waals surface area (Å²) in [6, 6.07) is 13.7. The lowest BCUT2D eigenvalue weighted by Crippen LogP contribution is -2.23. The summed E-state index contributed by atoms with van der Waals surface area (Å²) in [4.78, 5) is 29.0. The van der Waals surface area contributed by atoms with Crippen LogP contribution in [0.4, 0.5) is 0 Å². The number of nitrogens with one attached hydrogen (secondary N) is 2. The molecule has 0 fully saturated rings. The Morgan fingerprint density at radius 2 is 1.90 bits per heavy atom. The lowest BCUT2D eigenvalue weighted by atomic mass is 10.1. The fraction of sp³-hybridized carbons (Fsp3) is 0.0909. The third kappa shape index (κ3) is 4.13. The molecule has 0 atom stereocenters. The molecular weight excluding hydrogens is 398 g/mol. The Bertz CT molecular complexity index is 1280. The fourth-order valence-corrected chi connectivity index (χ4v) is 3.78. The lowest BCUT2D eigenvalue weighted by Gasteiger charge is -2.11. The van der Waals surface area contributed by atoms with Gasteiger partial charge in [-0.05, 0) is 29.8 Å². The van der Waals surface area contributed by atoms with E-state index >= 15 is 0 Å². The predicted molar refractivity (Wildman–Crippen MR) is 118 cm³/mol. The van der Waals surface area contributed by atoms with E-state index in [4.69, 9.17) is 11.1 Å². The van der Waals surface area contributed by atoms with E-state index in [1.807, 2.05) is 22.1 Å². The molecule has 0 saturated carbocycles. The van der Waals surface area contributed by atoms with Crippen LogP contribution < -0.4 is 16.5 Å². The van der Waals surface area contributed by atoms with Crippen molar-refractivity contribution in [3.63, 3.8) is 0 Å². The van der Waals surface area contributed by atoms with Crippen LogP contribution in [0.5, 0.6) is 0 Å². The number of carbonyl (C=O) groups is 1. The van der Waals surface area contributed by atoms with Gasteiger partial charge in [-0.3, -0.25) is 15.0 Å². The zero-order valence-corrected chi connectivity index (χ0v) is 16.8. The summed E-state index contributed by atoms with van der Waals surface area (Å²) in [6.07, 6.45) is 3.53. The van der Waals surface area contributed by atoms with E-state index in [9.17, 15) is 9.59 Å². The Morgan fingerprint density at radius 1 is 1.13 bits per heavy atom. The van der Waals surface area contributed by atoms with E-state index in [2.05, 4.69) is 10.3 Å². The highest BCUT2D eigenvalue weighted by molar-refractivity contribution is 7.09. The molecule has 0 unspecified atom stereocenters. The summed E-state index contributed by atoms with van der Waals surface area (Å²) < 4.78 is 1.99. The Hall–Kier alpha value is -3.78. The van der Waals surface area contributed by atoms with Crippen molar-refractivity contribution < 1.29 is 4.79 Å². The maximum atomic E-state index is 12.4. The molecule has 0 spiro atoms. The van der Waals surface area contributed by atoms with E-state index in [1.54, 1.807) is 60.1 Å². The van der Waals surface area contributed by atoms with Gasteiger partial charge in [0.2, 0.25) is 0 Å². The number of thiazole rings is 1. The number of benzene rings is 2. The first-order valence-corrected chi connectivity index (χ1v) is 10.1. The molecule has 0 aliphatic heterocycles. The van der Waals surface area contributed by atoms with Gasteiger partial charge in [0.05, 0.1) is 12.1 Å². The summed E-state index contributed by atoms with van der Waals surface area (Å²) in [6.45, 7) is 0.899. The summed E-state index contributed by atoms with van der Waals surface area (Å²) >= 11 is 1.56. The largest absolute Gasteiger partial charge is 0.384 e. The van der Waals surface area contributed by atoms with Gasteiger partial charge in [-0.2, -0.15) is 0 Å². The highest BCUT2D eigenvalue weighted by atomic mass is 32.1. The molecule has 150 valence electrons. The smallest absolute Gasteiger partial charge is 0.251 e. The SMILES string of the molecule is N=C(N)c1ccc(C(=O)NCc2ccc3c(=O)ccn(Cc4nccs4)c3c2)cc1. The monoisotopic (exact) mass is 417 g/mol. The Balaban J connectivity index is 1.55. The number of fused-ring (bicyclic) bond motifs is 1. The Labute approximate surface area is 176 Å². The van der Waals surface area contributed by atoms with E-state index in [0.29, 0.717) is 29.6 Å². The molecule has 2 heterocycles. The normalized spacial score (nSPS) is 10.8. The maximum Gasteiger partial charge on any atom is 0.251 e. The van der Waals surface area contributed by atoms with Gasteiger partial charge in [-0.1, -0.05) is 18.2 Å². The highest BCUT2D eigenvalue weighted by Gasteiger charge is 2.09. The third-order valence-corrected chi connectivity index (χ3v) is 5.51. The minimum Gasteiger partial charge on any atom is -0.384 e. The number of hydrogen-bond donors (Lipinski definition) is 3. The summed E-state index contributed by atoms with van der Waals surface area (Å²) in [5.74, 6) is -0.264. The van der Waals surface area contributed by atoms with Crippen molar-refractivity contribution in [2.45, 2.75) is 13.1 Å². The molecule has 0 aliphatic rings. The van der Waals surface area contributed by atoms with Gasteiger partial charge in [0.1, 0.15) is 10.8 Å². The molecule has 7 nitrogen and oxygen atoms in total. The lowest BCUT2D eigenvalue weighted by molar-refractivity contribution is 0.0951. The average molecular weight is 417 g/mol. The molecule has 4 aromatic rings. The van der Waals surface area contributed by atoms with Crippen molar-refractivity contribution in [1.82, 2.24) is 14.9 Å². The highest BCUT2D eigenvalue weighted by Crippen LogP contribution is 2.16. The molecule has 2 aromatic carbocycles. The molecule has 4 rings (SSSR count). The van der Waals surface area contributed by atoms with Crippen LogP contribution in [-0.4, -0.2) is 21.3 Å². The zero-order valence-electron chi connectivity index (χ0n) is 16.0. The fourth-order valence-electron chi connectivity index (χ4n) is 3.16. The number of amidine groups is 1. The minimum atomic E-state index is -0.224. The van der Waals surface area contributed by atoms with Gasteiger partial charge in [-0.15, -0.1) is 11.3 Å². The Kier molecular flexibility index (Phi) is 5.40. The number of amides is 1. The van der Waals surface area contributed by atoms with Gasteiger partial charge in [0.15, 0.2) is 5.43 Å². The first kappa shape index (κ1) is 19.5. The molecule has 30 heavy (non-hydrogen) atoms. The molecule has 0 bridgehead atoms. The van der Waals surface area contributed by atoms with Crippen LogP contribution in [0.3, 0.4) is 0 Å². The predicted octanol–water partition coefficient (Wildman–Crippen LogP) is 2.72. The number of hydrogen-bond acceptors (Lipinski definition) is 5. The maximum absolute atomic E-state index is 12.4. The van der Waals surface area contributed by atoms with Crippen LogP contribution in [-0.2, 0) is 13.1 Å². The van der Waals surface area contributed by atoms with E-state index in [-0.39, 0.29) is 17.2 Å².